The van der Waals surface area contributed by atoms with Gasteiger partial charge in [-0.05, 0) is 61.7 Å². The summed E-state index contributed by atoms with van der Waals surface area (Å²) in [6.45, 7) is 8.12. The van der Waals surface area contributed by atoms with Crippen molar-refractivity contribution in [2.75, 3.05) is 19.8 Å². The van der Waals surface area contributed by atoms with Crippen molar-refractivity contribution >= 4 is 28.6 Å². The molecule has 0 bridgehead atoms. The molecule has 11 heteroatoms. The summed E-state index contributed by atoms with van der Waals surface area (Å²) in [5, 5.41) is 7.36. The molecule has 2 atom stereocenters. The molecule has 2 aromatic carbocycles. The van der Waals surface area contributed by atoms with Gasteiger partial charge in [-0.15, -0.1) is 0 Å². The van der Waals surface area contributed by atoms with Crippen molar-refractivity contribution in [3.63, 3.8) is 0 Å². The van der Waals surface area contributed by atoms with E-state index in [9.17, 15) is 14.4 Å². The molecule has 41 heavy (non-hydrogen) atoms. The van der Waals surface area contributed by atoms with Crippen LogP contribution in [0.3, 0.4) is 0 Å². The van der Waals surface area contributed by atoms with Gasteiger partial charge in [0.2, 0.25) is 11.8 Å². The molecular formula is C30H39N5O6. The molecule has 3 rings (SSSR count). The largest absolute Gasteiger partial charge is 0.351 e. The monoisotopic (exact) mass is 565 g/mol. The van der Waals surface area contributed by atoms with Crippen molar-refractivity contribution in [3.8, 4) is 0 Å². The third-order valence-corrected chi connectivity index (χ3v) is 6.37. The summed E-state index contributed by atoms with van der Waals surface area (Å²) in [6, 6.07) is 15.5. The maximum Gasteiger partial charge on any atom is 0.338 e. The molecule has 0 unspecified atom stereocenters. The summed E-state index contributed by atoms with van der Waals surface area (Å²) in [7, 11) is 0. The number of hydrogen-bond donors (Lipinski definition) is 3. The zero-order chi connectivity index (χ0) is 29.6. The molecule has 220 valence electrons. The molecule has 1 aromatic heterocycles. The van der Waals surface area contributed by atoms with Gasteiger partial charge in [0.1, 0.15) is 6.04 Å². The van der Waals surface area contributed by atoms with Crippen LogP contribution in [-0.2, 0) is 37.0 Å². The number of hydroxylamine groups is 1. The van der Waals surface area contributed by atoms with Crippen LogP contribution in [0.25, 0.3) is 10.8 Å². The molecule has 11 nitrogen and oxygen atoms in total. The van der Waals surface area contributed by atoms with Crippen molar-refractivity contribution in [3.05, 3.63) is 78.1 Å². The Morgan fingerprint density at radius 2 is 1.61 bits per heavy atom. The number of amides is 4. The highest BCUT2D eigenvalue weighted by Gasteiger charge is 2.32. The van der Waals surface area contributed by atoms with Gasteiger partial charge >= 0.3 is 6.03 Å². The maximum atomic E-state index is 13.8. The number of benzene rings is 2. The number of aromatic nitrogens is 1. The third kappa shape index (κ3) is 9.52. The van der Waals surface area contributed by atoms with E-state index in [-0.39, 0.29) is 19.0 Å². The zero-order valence-corrected chi connectivity index (χ0v) is 24.0. The Hall–Kier alpha value is -4.06. The Kier molecular flexibility index (Phi) is 12.5. The van der Waals surface area contributed by atoms with Gasteiger partial charge in [0.15, 0.2) is 12.9 Å². The lowest BCUT2D eigenvalue weighted by Crippen LogP contribution is -2.54. The summed E-state index contributed by atoms with van der Waals surface area (Å²) in [6.07, 6.45) is 2.59. The molecule has 0 radical (unpaired) electrons. The topological polar surface area (TPSA) is 131 Å². The van der Waals surface area contributed by atoms with Crippen LogP contribution in [-0.4, -0.2) is 65.9 Å². The number of ether oxygens (including phenoxy) is 2. The first kappa shape index (κ1) is 31.5. The van der Waals surface area contributed by atoms with Crippen LogP contribution in [0.2, 0.25) is 0 Å². The van der Waals surface area contributed by atoms with Crippen molar-refractivity contribution < 1.29 is 28.7 Å². The SMILES string of the molecule is CCOC(OCC)[C@H](C)N(Cc1cccc2ccccc12)C(=O)[C@H](C)NC(=O)CONC(=O)NCc1ccncc1. The Morgan fingerprint density at radius 1 is 0.927 bits per heavy atom. The summed E-state index contributed by atoms with van der Waals surface area (Å²) >= 11 is 0. The number of rotatable bonds is 15. The smallest absolute Gasteiger partial charge is 0.338 e. The first-order chi connectivity index (χ1) is 19.8. The van der Waals surface area contributed by atoms with Gasteiger partial charge in [0, 0.05) is 38.7 Å². The molecule has 4 amide bonds. The van der Waals surface area contributed by atoms with E-state index in [1.165, 1.54) is 0 Å². The first-order valence-corrected chi connectivity index (χ1v) is 13.7. The van der Waals surface area contributed by atoms with E-state index in [0.29, 0.717) is 13.2 Å². The van der Waals surface area contributed by atoms with Crippen LogP contribution >= 0.6 is 0 Å². The molecule has 3 N–H and O–H groups in total. The van der Waals surface area contributed by atoms with Gasteiger partial charge in [0.05, 0.1) is 6.04 Å². The van der Waals surface area contributed by atoms with E-state index in [2.05, 4.69) is 21.1 Å². The Labute approximate surface area is 240 Å². The molecule has 3 aromatic rings. The number of hydrogen-bond acceptors (Lipinski definition) is 7. The number of pyridine rings is 1. The van der Waals surface area contributed by atoms with E-state index in [1.807, 2.05) is 63.2 Å². The van der Waals surface area contributed by atoms with Crippen molar-refractivity contribution in [1.82, 2.24) is 26.0 Å². The van der Waals surface area contributed by atoms with Crippen LogP contribution in [0.4, 0.5) is 4.79 Å². The highest BCUT2D eigenvalue weighted by Crippen LogP contribution is 2.23. The molecular weight excluding hydrogens is 526 g/mol. The van der Waals surface area contributed by atoms with E-state index in [0.717, 1.165) is 21.9 Å². The predicted molar refractivity (Wildman–Crippen MR) is 154 cm³/mol. The first-order valence-electron chi connectivity index (χ1n) is 13.7. The third-order valence-electron chi connectivity index (χ3n) is 6.37. The minimum Gasteiger partial charge on any atom is -0.351 e. The summed E-state index contributed by atoms with van der Waals surface area (Å²) in [4.78, 5) is 48.9. The number of nitrogens with one attached hydrogen (secondary N) is 3. The van der Waals surface area contributed by atoms with E-state index in [1.54, 1.807) is 36.4 Å². The van der Waals surface area contributed by atoms with Gasteiger partial charge in [-0.25, -0.2) is 10.3 Å². The Morgan fingerprint density at radius 3 is 2.32 bits per heavy atom. The lowest BCUT2D eigenvalue weighted by Gasteiger charge is -2.36. The number of nitrogens with zero attached hydrogens (tertiary/aromatic N) is 2. The highest BCUT2D eigenvalue weighted by atomic mass is 16.7. The Bertz CT molecular complexity index is 1260. The van der Waals surface area contributed by atoms with Gasteiger partial charge < -0.3 is 25.0 Å². The van der Waals surface area contributed by atoms with Crippen LogP contribution in [0.1, 0.15) is 38.8 Å². The second-order valence-corrected chi connectivity index (χ2v) is 9.34. The van der Waals surface area contributed by atoms with Gasteiger partial charge in [0.25, 0.3) is 0 Å². The van der Waals surface area contributed by atoms with Crippen molar-refractivity contribution in [2.45, 2.75) is 59.2 Å². The van der Waals surface area contributed by atoms with Crippen molar-refractivity contribution in [2.24, 2.45) is 0 Å². The number of carbonyl (C=O) groups excluding carboxylic acids is 3. The van der Waals surface area contributed by atoms with Crippen molar-refractivity contribution in [1.29, 1.82) is 0 Å². The van der Waals surface area contributed by atoms with E-state index in [4.69, 9.17) is 14.3 Å². The predicted octanol–water partition coefficient (Wildman–Crippen LogP) is 3.29. The standard InChI is InChI=1S/C30H39N5O6/c1-5-39-29(40-6-2)22(4)35(19-25-12-9-11-24-10-7-8-13-26(24)25)28(37)21(3)33-27(36)20-41-34-30(38)32-18-23-14-16-31-17-15-23/h7-17,21-22,29H,5-6,18-20H2,1-4H3,(H,33,36)(H2,32,34,38)/t21-,22-/m0/s1. The molecule has 0 fully saturated rings. The second-order valence-electron chi connectivity index (χ2n) is 9.34. The molecule has 0 saturated heterocycles. The number of fused-ring (bicyclic) bond motifs is 1. The lowest BCUT2D eigenvalue weighted by atomic mass is 10.0. The fourth-order valence-corrected chi connectivity index (χ4v) is 4.32. The quantitative estimate of drug-likeness (QED) is 0.190. The Balaban J connectivity index is 1.63. The van der Waals surface area contributed by atoms with Gasteiger partial charge in [-0.1, -0.05) is 42.5 Å². The average Bonchev–Trinajstić information content (AvgIpc) is 2.98. The van der Waals surface area contributed by atoms with Crippen LogP contribution in [0.5, 0.6) is 0 Å². The normalized spacial score (nSPS) is 12.5. The summed E-state index contributed by atoms with van der Waals surface area (Å²) in [5.41, 5.74) is 3.98. The molecule has 0 aliphatic heterocycles. The van der Waals surface area contributed by atoms with Crippen LogP contribution < -0.4 is 16.1 Å². The fraction of sp³-hybridized carbons (Fsp3) is 0.400. The van der Waals surface area contributed by atoms with E-state index < -0.39 is 36.9 Å². The molecule has 0 spiro atoms. The summed E-state index contributed by atoms with van der Waals surface area (Å²) in [5.74, 6) is -0.879. The van der Waals surface area contributed by atoms with Gasteiger partial charge in [-0.3, -0.25) is 19.4 Å². The van der Waals surface area contributed by atoms with E-state index >= 15 is 0 Å². The minimum absolute atomic E-state index is 0.269. The van der Waals surface area contributed by atoms with Crippen LogP contribution in [0.15, 0.2) is 67.0 Å². The number of urea groups is 1. The zero-order valence-electron chi connectivity index (χ0n) is 24.0. The lowest BCUT2D eigenvalue weighted by molar-refractivity contribution is -0.179. The molecule has 0 aliphatic carbocycles. The second kappa shape index (κ2) is 16.3. The molecule has 1 heterocycles. The highest BCUT2D eigenvalue weighted by molar-refractivity contribution is 5.89. The average molecular weight is 566 g/mol. The van der Waals surface area contributed by atoms with Gasteiger partial charge in [-0.2, -0.15) is 0 Å². The molecule has 0 saturated carbocycles. The fourth-order valence-electron chi connectivity index (χ4n) is 4.32. The van der Waals surface area contributed by atoms with Crippen LogP contribution in [0, 0.1) is 0 Å². The summed E-state index contributed by atoms with van der Waals surface area (Å²) < 4.78 is 11.6. The minimum atomic E-state index is -0.882. The molecule has 0 aliphatic rings. The number of carbonyl (C=O) groups is 3. The maximum absolute atomic E-state index is 13.8.